The van der Waals surface area contributed by atoms with E-state index in [4.69, 9.17) is 5.26 Å². The topological polar surface area (TPSA) is 27.0 Å². The molecular formula is C8H12N2. The van der Waals surface area contributed by atoms with Gasteiger partial charge >= 0.3 is 0 Å². The molecule has 1 aliphatic heterocycles. The normalized spacial score (nSPS) is 50.3. The predicted molar refractivity (Wildman–Crippen MR) is 38.0 cm³/mol. The SMILES string of the molecule is CC12CN(C#N)C[C@@]1(C)C2. The van der Waals surface area contributed by atoms with Crippen LogP contribution in [0.3, 0.4) is 0 Å². The number of piperidine rings is 1. The zero-order chi connectivity index (χ0) is 7.41. The van der Waals surface area contributed by atoms with E-state index in [0.29, 0.717) is 10.8 Å². The Hall–Kier alpha value is -0.710. The number of likely N-dealkylation sites (tertiary alicyclic amines) is 1. The second-order valence-corrected chi connectivity index (χ2v) is 4.25. The first-order valence-corrected chi connectivity index (χ1v) is 3.74. The van der Waals surface area contributed by atoms with E-state index in [1.54, 1.807) is 0 Å². The van der Waals surface area contributed by atoms with E-state index in [9.17, 15) is 0 Å². The van der Waals surface area contributed by atoms with Crippen LogP contribution in [0.1, 0.15) is 20.3 Å². The summed E-state index contributed by atoms with van der Waals surface area (Å²) in [5, 5.41) is 8.61. The van der Waals surface area contributed by atoms with Gasteiger partial charge in [0.2, 0.25) is 0 Å². The molecule has 0 aromatic rings. The number of hydrogen-bond acceptors (Lipinski definition) is 2. The Labute approximate surface area is 61.4 Å². The maximum absolute atomic E-state index is 8.61. The molecule has 2 heteroatoms. The highest BCUT2D eigenvalue weighted by Crippen LogP contribution is 2.67. The third kappa shape index (κ3) is 0.489. The Morgan fingerprint density at radius 1 is 1.30 bits per heavy atom. The summed E-state index contributed by atoms with van der Waals surface area (Å²) in [6, 6.07) is 0. The van der Waals surface area contributed by atoms with E-state index < -0.39 is 0 Å². The molecule has 0 radical (unpaired) electrons. The van der Waals surface area contributed by atoms with Gasteiger partial charge in [0, 0.05) is 13.1 Å². The number of nitrogens with zero attached hydrogens (tertiary/aromatic N) is 2. The predicted octanol–water partition coefficient (Wildman–Crippen LogP) is 1.20. The molecule has 2 fully saturated rings. The highest BCUT2D eigenvalue weighted by Gasteiger charge is 2.66. The van der Waals surface area contributed by atoms with Gasteiger partial charge in [0.25, 0.3) is 0 Å². The summed E-state index contributed by atoms with van der Waals surface area (Å²) in [6.45, 7) is 6.54. The van der Waals surface area contributed by atoms with Crippen LogP contribution >= 0.6 is 0 Å². The molecule has 0 aromatic carbocycles. The van der Waals surface area contributed by atoms with Crippen LogP contribution in [0.4, 0.5) is 0 Å². The van der Waals surface area contributed by atoms with Crippen molar-refractivity contribution in [3.05, 3.63) is 0 Å². The van der Waals surface area contributed by atoms with Gasteiger partial charge in [-0.15, -0.1) is 0 Å². The van der Waals surface area contributed by atoms with Crippen LogP contribution in [0.15, 0.2) is 0 Å². The minimum Gasteiger partial charge on any atom is -0.309 e. The molecular weight excluding hydrogens is 124 g/mol. The molecule has 1 aliphatic carbocycles. The van der Waals surface area contributed by atoms with Crippen molar-refractivity contribution in [2.45, 2.75) is 20.3 Å². The molecule has 1 heterocycles. The lowest BCUT2D eigenvalue weighted by Crippen LogP contribution is -2.18. The average Bonchev–Trinajstić information content (AvgIpc) is 2.24. The van der Waals surface area contributed by atoms with Crippen molar-refractivity contribution in [1.82, 2.24) is 4.90 Å². The highest BCUT2D eigenvalue weighted by molar-refractivity contribution is 5.18. The van der Waals surface area contributed by atoms with E-state index in [1.807, 2.05) is 4.90 Å². The highest BCUT2D eigenvalue weighted by atomic mass is 15.2. The van der Waals surface area contributed by atoms with Crippen molar-refractivity contribution < 1.29 is 0 Å². The van der Waals surface area contributed by atoms with Crippen LogP contribution in [-0.4, -0.2) is 18.0 Å². The van der Waals surface area contributed by atoms with E-state index in [-0.39, 0.29) is 0 Å². The van der Waals surface area contributed by atoms with Gasteiger partial charge in [-0.1, -0.05) is 13.8 Å². The standard InChI is InChI=1S/C8H12N2/c1-7-3-8(7,2)5-10(4-7)6-9/h3-5H2,1-2H3/t7-,8?/m1/s1. The van der Waals surface area contributed by atoms with Crippen LogP contribution in [0, 0.1) is 22.3 Å². The molecule has 10 heavy (non-hydrogen) atoms. The lowest BCUT2D eigenvalue weighted by Gasteiger charge is -2.10. The van der Waals surface area contributed by atoms with Crippen molar-refractivity contribution in [2.75, 3.05) is 13.1 Å². The molecule has 1 saturated carbocycles. The Morgan fingerprint density at radius 2 is 1.80 bits per heavy atom. The summed E-state index contributed by atoms with van der Waals surface area (Å²) in [5.74, 6) is 0. The summed E-state index contributed by atoms with van der Waals surface area (Å²) in [4.78, 5) is 1.88. The molecule has 0 aromatic heterocycles. The minimum absolute atomic E-state index is 0.475. The van der Waals surface area contributed by atoms with Crippen molar-refractivity contribution in [2.24, 2.45) is 10.8 Å². The number of rotatable bonds is 0. The van der Waals surface area contributed by atoms with Crippen LogP contribution in [0.25, 0.3) is 0 Å². The molecule has 0 N–H and O–H groups in total. The summed E-state index contributed by atoms with van der Waals surface area (Å²) in [7, 11) is 0. The minimum atomic E-state index is 0.475. The van der Waals surface area contributed by atoms with Gasteiger partial charge in [-0.05, 0) is 17.3 Å². The van der Waals surface area contributed by atoms with Gasteiger partial charge in [-0.2, -0.15) is 5.26 Å². The Morgan fingerprint density at radius 3 is 2.10 bits per heavy atom. The lowest BCUT2D eigenvalue weighted by molar-refractivity contribution is 0.389. The molecule has 2 rings (SSSR count). The monoisotopic (exact) mass is 136 g/mol. The molecule has 54 valence electrons. The van der Waals surface area contributed by atoms with Gasteiger partial charge in [0.1, 0.15) is 0 Å². The molecule has 2 nitrogen and oxygen atoms in total. The summed E-state index contributed by atoms with van der Waals surface area (Å²) >= 11 is 0. The van der Waals surface area contributed by atoms with Crippen LogP contribution in [-0.2, 0) is 0 Å². The molecule has 2 aliphatic rings. The smallest absolute Gasteiger partial charge is 0.179 e. The molecule has 1 unspecified atom stereocenters. The maximum atomic E-state index is 8.61. The fourth-order valence-corrected chi connectivity index (χ4v) is 2.28. The van der Waals surface area contributed by atoms with Crippen molar-refractivity contribution in [3.63, 3.8) is 0 Å². The van der Waals surface area contributed by atoms with Gasteiger partial charge in [-0.25, -0.2) is 0 Å². The first-order valence-electron chi connectivity index (χ1n) is 3.74. The molecule has 2 atom stereocenters. The largest absolute Gasteiger partial charge is 0.309 e. The third-order valence-corrected chi connectivity index (χ3v) is 3.33. The van der Waals surface area contributed by atoms with Crippen LogP contribution < -0.4 is 0 Å². The first kappa shape index (κ1) is 6.03. The molecule has 1 saturated heterocycles. The fraction of sp³-hybridized carbons (Fsp3) is 0.875. The second kappa shape index (κ2) is 1.32. The van der Waals surface area contributed by atoms with E-state index in [1.165, 1.54) is 6.42 Å². The van der Waals surface area contributed by atoms with Crippen LogP contribution in [0.5, 0.6) is 0 Å². The van der Waals surface area contributed by atoms with Crippen molar-refractivity contribution in [1.29, 1.82) is 5.26 Å². The molecule has 0 spiro atoms. The van der Waals surface area contributed by atoms with Gasteiger partial charge in [0.05, 0.1) is 0 Å². The van der Waals surface area contributed by atoms with E-state index in [2.05, 4.69) is 20.0 Å². The van der Waals surface area contributed by atoms with Crippen molar-refractivity contribution in [3.8, 4) is 6.19 Å². The maximum Gasteiger partial charge on any atom is 0.179 e. The number of nitriles is 1. The zero-order valence-electron chi connectivity index (χ0n) is 6.52. The Bertz CT molecular complexity index is 202. The summed E-state index contributed by atoms with van der Waals surface area (Å²) < 4.78 is 0. The van der Waals surface area contributed by atoms with Crippen LogP contribution in [0.2, 0.25) is 0 Å². The first-order chi connectivity index (χ1) is 4.60. The third-order valence-electron chi connectivity index (χ3n) is 3.33. The molecule has 0 amide bonds. The fourth-order valence-electron chi connectivity index (χ4n) is 2.28. The quantitative estimate of drug-likeness (QED) is 0.468. The zero-order valence-corrected chi connectivity index (χ0v) is 6.52. The van der Waals surface area contributed by atoms with Gasteiger partial charge < -0.3 is 4.90 Å². The lowest BCUT2D eigenvalue weighted by atomic mass is 10.0. The van der Waals surface area contributed by atoms with E-state index >= 15 is 0 Å². The van der Waals surface area contributed by atoms with Crippen molar-refractivity contribution >= 4 is 0 Å². The average molecular weight is 136 g/mol. The number of hydrogen-bond donors (Lipinski definition) is 0. The Kier molecular flexibility index (Phi) is 0.794. The second-order valence-electron chi connectivity index (χ2n) is 4.25. The van der Waals surface area contributed by atoms with Gasteiger partial charge in [-0.3, -0.25) is 0 Å². The van der Waals surface area contributed by atoms with E-state index in [0.717, 1.165) is 13.1 Å². The summed E-state index contributed by atoms with van der Waals surface area (Å²) in [6.07, 6.45) is 3.53. The number of fused-ring (bicyclic) bond motifs is 1. The summed E-state index contributed by atoms with van der Waals surface area (Å²) in [5.41, 5.74) is 0.950. The Balaban J connectivity index is 2.18. The van der Waals surface area contributed by atoms with Gasteiger partial charge in [0.15, 0.2) is 6.19 Å². The molecule has 0 bridgehead atoms.